The molecule has 2 aromatic carbocycles. The Morgan fingerprint density at radius 3 is 2.14 bits per heavy atom. The number of carbonyl (C=O) groups excluding carboxylic acids is 2. The van der Waals surface area contributed by atoms with Crippen LogP contribution in [-0.2, 0) is 4.74 Å². The Bertz CT molecular complexity index is 1370. The molecule has 3 heterocycles. The molecule has 9 heteroatoms. The predicted octanol–water partition coefficient (Wildman–Crippen LogP) is 4.93. The third-order valence-corrected chi connectivity index (χ3v) is 11.5. The van der Waals surface area contributed by atoms with Crippen molar-refractivity contribution in [3.8, 4) is 0 Å². The highest BCUT2D eigenvalue weighted by Gasteiger charge is 2.55. The van der Waals surface area contributed by atoms with Crippen LogP contribution >= 0.6 is 0 Å². The van der Waals surface area contributed by atoms with Gasteiger partial charge in [-0.1, -0.05) is 24.3 Å². The zero-order valence-corrected chi connectivity index (χ0v) is 25.6. The van der Waals surface area contributed by atoms with Crippen molar-refractivity contribution in [1.82, 2.24) is 15.1 Å². The maximum absolute atomic E-state index is 13.8. The molecule has 9 rings (SSSR count). The van der Waals surface area contributed by atoms with E-state index in [1.807, 2.05) is 26.8 Å². The molecule has 3 aliphatic heterocycles. The standard InChI is InChI=1S/C35H45N5O4/c41-33(36-32-27-19-24-20-28(32)23-35(43,21-24)22-27)40-14-13-39(30-3-1-2-4-31(30)40)29-7-5-25(6-8-29)26-9-11-37(12-10-26)34(42)38-15-17-44-18-16-38/h1-8,24,26-28,32,43H,9-23H2,(H,36,41)/t24?,27-,28+,32?,35?. The van der Waals surface area contributed by atoms with Crippen molar-refractivity contribution in [3.63, 3.8) is 0 Å². The fourth-order valence-corrected chi connectivity index (χ4v) is 9.56. The predicted molar refractivity (Wildman–Crippen MR) is 169 cm³/mol. The van der Waals surface area contributed by atoms with Gasteiger partial charge in [0, 0.05) is 51.0 Å². The van der Waals surface area contributed by atoms with Gasteiger partial charge in [-0.05, 0) is 98.4 Å². The van der Waals surface area contributed by atoms with Gasteiger partial charge in [0.25, 0.3) is 0 Å². The largest absolute Gasteiger partial charge is 0.390 e. The Balaban J connectivity index is 0.918. The molecule has 0 spiro atoms. The van der Waals surface area contributed by atoms with Crippen LogP contribution in [0.2, 0.25) is 0 Å². The van der Waals surface area contributed by atoms with E-state index in [1.54, 1.807) is 0 Å². The summed E-state index contributed by atoms with van der Waals surface area (Å²) in [6.45, 7) is 5.59. The van der Waals surface area contributed by atoms with E-state index in [0.717, 1.165) is 81.6 Å². The van der Waals surface area contributed by atoms with Gasteiger partial charge in [-0.25, -0.2) is 9.59 Å². The molecule has 7 aliphatic rings. The van der Waals surface area contributed by atoms with Crippen LogP contribution in [0.25, 0.3) is 0 Å². The van der Waals surface area contributed by atoms with Crippen LogP contribution in [0, 0.1) is 17.8 Å². The first-order valence-corrected chi connectivity index (χ1v) is 16.8. The molecule has 2 N–H and O–H groups in total. The Hall–Kier alpha value is -3.30. The lowest BCUT2D eigenvalue weighted by Crippen LogP contribution is -2.63. The van der Waals surface area contributed by atoms with Crippen LogP contribution in [0.5, 0.6) is 0 Å². The van der Waals surface area contributed by atoms with Gasteiger partial charge in [0.15, 0.2) is 0 Å². The first-order valence-electron chi connectivity index (χ1n) is 16.8. The second-order valence-electron chi connectivity index (χ2n) is 14.2. The number of nitrogens with one attached hydrogen (secondary N) is 1. The molecule has 44 heavy (non-hydrogen) atoms. The van der Waals surface area contributed by atoms with E-state index in [-0.39, 0.29) is 18.1 Å². The molecule has 2 saturated heterocycles. The summed E-state index contributed by atoms with van der Waals surface area (Å²) < 4.78 is 5.41. The highest BCUT2D eigenvalue weighted by Crippen LogP contribution is 2.55. The fraction of sp³-hybridized carbons (Fsp3) is 0.600. The van der Waals surface area contributed by atoms with E-state index in [4.69, 9.17) is 4.74 Å². The number of urea groups is 2. The minimum absolute atomic E-state index is 0.00430. The molecule has 5 atom stereocenters. The number of hydrogen-bond acceptors (Lipinski definition) is 5. The summed E-state index contributed by atoms with van der Waals surface area (Å²) in [5.74, 6) is 1.86. The number of anilines is 3. The molecule has 0 aromatic heterocycles. The first kappa shape index (κ1) is 28.2. The Labute approximate surface area is 260 Å². The highest BCUT2D eigenvalue weighted by molar-refractivity contribution is 5.98. The zero-order valence-electron chi connectivity index (χ0n) is 25.6. The number of benzene rings is 2. The maximum Gasteiger partial charge on any atom is 0.322 e. The molecule has 0 radical (unpaired) electrons. The number of hydrogen-bond donors (Lipinski definition) is 2. The number of nitrogens with zero attached hydrogens (tertiary/aromatic N) is 4. The molecule has 2 aromatic rings. The van der Waals surface area contributed by atoms with Crippen LogP contribution in [-0.4, -0.2) is 91.1 Å². The summed E-state index contributed by atoms with van der Waals surface area (Å²) in [7, 11) is 0. The third kappa shape index (κ3) is 5.11. The molecule has 4 amide bonds. The number of fused-ring (bicyclic) bond motifs is 1. The minimum Gasteiger partial charge on any atom is -0.390 e. The topological polar surface area (TPSA) is 88.6 Å². The van der Waals surface area contributed by atoms with Gasteiger partial charge >= 0.3 is 12.1 Å². The van der Waals surface area contributed by atoms with Crippen LogP contribution < -0.4 is 15.1 Å². The number of aliphatic hydroxyl groups is 1. The van der Waals surface area contributed by atoms with Gasteiger partial charge in [-0.3, -0.25) is 4.90 Å². The van der Waals surface area contributed by atoms with E-state index >= 15 is 0 Å². The van der Waals surface area contributed by atoms with E-state index in [9.17, 15) is 14.7 Å². The number of likely N-dealkylation sites (tertiary alicyclic amines) is 1. The van der Waals surface area contributed by atoms with Crippen LogP contribution in [0.15, 0.2) is 48.5 Å². The molecule has 6 fully saturated rings. The number of amides is 4. The lowest BCUT2D eigenvalue weighted by Gasteiger charge is -2.58. The van der Waals surface area contributed by atoms with Crippen molar-refractivity contribution in [1.29, 1.82) is 0 Å². The van der Waals surface area contributed by atoms with E-state index in [1.165, 1.54) is 5.56 Å². The molecule has 4 aliphatic carbocycles. The number of rotatable bonds is 3. The summed E-state index contributed by atoms with van der Waals surface area (Å²) in [5, 5.41) is 14.4. The van der Waals surface area contributed by atoms with E-state index in [0.29, 0.717) is 56.5 Å². The maximum atomic E-state index is 13.8. The lowest BCUT2D eigenvalue weighted by atomic mass is 9.52. The lowest BCUT2D eigenvalue weighted by molar-refractivity contribution is -0.136. The quantitative estimate of drug-likeness (QED) is 0.523. The molecular formula is C35H45N5O4. The summed E-state index contributed by atoms with van der Waals surface area (Å²) in [5.41, 5.74) is 3.97. The molecule has 3 unspecified atom stereocenters. The smallest absolute Gasteiger partial charge is 0.322 e. The van der Waals surface area contributed by atoms with Crippen molar-refractivity contribution in [2.24, 2.45) is 17.8 Å². The third-order valence-electron chi connectivity index (χ3n) is 11.5. The summed E-state index contributed by atoms with van der Waals surface area (Å²) >= 11 is 0. The van der Waals surface area contributed by atoms with Gasteiger partial charge < -0.3 is 29.9 Å². The Kier molecular flexibility index (Phi) is 7.21. The fourth-order valence-electron chi connectivity index (χ4n) is 9.56. The zero-order chi connectivity index (χ0) is 29.8. The van der Waals surface area contributed by atoms with Crippen LogP contribution in [0.1, 0.15) is 56.4 Å². The average Bonchev–Trinajstić information content (AvgIpc) is 3.05. The SMILES string of the molecule is O=C(N1CCOCC1)N1CCC(c2ccc(N3CCN(C(=O)NC4[C@@H]5CC6C[C@H]4CC(O)(C6)C5)c4ccccc43)cc2)CC1. The summed E-state index contributed by atoms with van der Waals surface area (Å²) in [6.07, 6.45) is 6.84. The number of para-hydroxylation sites is 2. The van der Waals surface area contributed by atoms with Crippen molar-refractivity contribution in [3.05, 3.63) is 54.1 Å². The van der Waals surface area contributed by atoms with Gasteiger partial charge in [0.05, 0.1) is 30.2 Å². The first-order chi connectivity index (χ1) is 21.4. The van der Waals surface area contributed by atoms with Crippen molar-refractivity contribution >= 4 is 29.1 Å². The Morgan fingerprint density at radius 2 is 1.45 bits per heavy atom. The molecule has 4 saturated carbocycles. The Morgan fingerprint density at radius 1 is 0.795 bits per heavy atom. The minimum atomic E-state index is -0.495. The normalized spacial score (nSPS) is 31.7. The van der Waals surface area contributed by atoms with Gasteiger partial charge in [0.2, 0.25) is 0 Å². The number of piperidine rings is 1. The van der Waals surface area contributed by atoms with Crippen molar-refractivity contribution in [2.75, 3.05) is 62.3 Å². The van der Waals surface area contributed by atoms with Crippen LogP contribution in [0.4, 0.5) is 26.7 Å². The number of ether oxygens (including phenoxy) is 1. The van der Waals surface area contributed by atoms with Crippen molar-refractivity contribution < 1.29 is 19.4 Å². The van der Waals surface area contributed by atoms with E-state index < -0.39 is 5.60 Å². The van der Waals surface area contributed by atoms with Gasteiger partial charge in [-0.15, -0.1) is 0 Å². The van der Waals surface area contributed by atoms with Crippen molar-refractivity contribution in [2.45, 2.75) is 62.5 Å². The highest BCUT2D eigenvalue weighted by atomic mass is 16.5. The van der Waals surface area contributed by atoms with Gasteiger partial charge in [0.1, 0.15) is 0 Å². The second kappa shape index (κ2) is 11.2. The van der Waals surface area contributed by atoms with Gasteiger partial charge in [-0.2, -0.15) is 0 Å². The molecule has 9 nitrogen and oxygen atoms in total. The number of morpholine rings is 1. The molecule has 234 valence electrons. The average molecular weight is 600 g/mol. The summed E-state index contributed by atoms with van der Waals surface area (Å²) in [4.78, 5) is 34.8. The summed E-state index contributed by atoms with van der Waals surface area (Å²) in [6, 6.07) is 17.5. The molecular weight excluding hydrogens is 554 g/mol. The van der Waals surface area contributed by atoms with Crippen LogP contribution in [0.3, 0.4) is 0 Å². The molecule has 4 bridgehead atoms. The number of carbonyl (C=O) groups is 2. The monoisotopic (exact) mass is 599 g/mol. The van der Waals surface area contributed by atoms with E-state index in [2.05, 4.69) is 46.6 Å². The second-order valence-corrected chi connectivity index (χ2v) is 14.2.